The number of aryl methyl sites for hydroxylation is 1. The fourth-order valence-electron chi connectivity index (χ4n) is 2.67. The molecule has 0 bridgehead atoms. The molecular weight excluding hydrogens is 334 g/mol. The zero-order valence-electron chi connectivity index (χ0n) is 13.9. The van der Waals surface area contributed by atoms with Gasteiger partial charge in [0.1, 0.15) is 6.04 Å². The number of hydrogen-bond donors (Lipinski definition) is 1. The van der Waals surface area contributed by atoms with Crippen molar-refractivity contribution in [3.8, 4) is 0 Å². The van der Waals surface area contributed by atoms with Gasteiger partial charge in [0.25, 0.3) is 0 Å². The average molecular weight is 355 g/mol. The fourth-order valence-corrected chi connectivity index (χ4v) is 4.35. The van der Waals surface area contributed by atoms with Crippen LogP contribution in [0.1, 0.15) is 42.6 Å². The minimum atomic E-state index is -3.99. The molecule has 1 atom stereocenters. The van der Waals surface area contributed by atoms with Gasteiger partial charge in [0.2, 0.25) is 10.0 Å². The van der Waals surface area contributed by atoms with Crippen LogP contribution < -0.4 is 0 Å². The van der Waals surface area contributed by atoms with E-state index < -0.39 is 28.0 Å². The van der Waals surface area contributed by atoms with Crippen molar-refractivity contribution in [1.29, 1.82) is 0 Å². The van der Waals surface area contributed by atoms with E-state index in [9.17, 15) is 23.1 Å². The van der Waals surface area contributed by atoms with Gasteiger partial charge in [-0.15, -0.1) is 0 Å². The number of carboxylic acid groups (broad SMARTS) is 1. The Morgan fingerprint density at radius 3 is 2.58 bits per heavy atom. The topological polar surface area (TPSA) is 101 Å². The van der Waals surface area contributed by atoms with Crippen LogP contribution in [-0.2, 0) is 19.6 Å². The number of rotatable bonds is 5. The third-order valence-corrected chi connectivity index (χ3v) is 5.77. The van der Waals surface area contributed by atoms with Crippen LogP contribution in [0, 0.1) is 6.92 Å². The van der Waals surface area contributed by atoms with Crippen molar-refractivity contribution in [2.24, 2.45) is 0 Å². The summed E-state index contributed by atoms with van der Waals surface area (Å²) in [6, 6.07) is 3.10. The maximum atomic E-state index is 12.8. The number of nitrogens with zero attached hydrogens (tertiary/aromatic N) is 1. The van der Waals surface area contributed by atoms with Gasteiger partial charge >= 0.3 is 11.9 Å². The number of hydrogen-bond acceptors (Lipinski definition) is 5. The van der Waals surface area contributed by atoms with Gasteiger partial charge in [-0.25, -0.2) is 13.2 Å². The number of carbonyl (C=O) groups is 2. The summed E-state index contributed by atoms with van der Waals surface area (Å²) < 4.78 is 31.6. The summed E-state index contributed by atoms with van der Waals surface area (Å²) >= 11 is 0. The van der Waals surface area contributed by atoms with Crippen LogP contribution >= 0.6 is 0 Å². The van der Waals surface area contributed by atoms with Crippen molar-refractivity contribution in [1.82, 2.24) is 4.31 Å². The van der Waals surface area contributed by atoms with E-state index in [0.29, 0.717) is 12.0 Å². The molecule has 0 unspecified atom stereocenters. The molecule has 1 aromatic rings. The van der Waals surface area contributed by atoms with Gasteiger partial charge in [-0.3, -0.25) is 4.79 Å². The lowest BCUT2D eigenvalue weighted by Gasteiger charge is -2.21. The third-order valence-electron chi connectivity index (χ3n) is 3.87. The Balaban J connectivity index is 2.41. The summed E-state index contributed by atoms with van der Waals surface area (Å²) in [4.78, 5) is 23.3. The molecule has 1 fully saturated rings. The Morgan fingerprint density at radius 1 is 1.33 bits per heavy atom. The molecule has 1 saturated heterocycles. The highest BCUT2D eigenvalue weighted by atomic mass is 32.2. The molecule has 24 heavy (non-hydrogen) atoms. The first-order chi connectivity index (χ1) is 11.1. The second kappa shape index (κ2) is 6.90. The molecule has 0 amide bonds. The van der Waals surface area contributed by atoms with Crippen molar-refractivity contribution in [2.45, 2.75) is 50.7 Å². The van der Waals surface area contributed by atoms with Crippen LogP contribution in [0.25, 0.3) is 0 Å². The maximum Gasteiger partial charge on any atom is 0.338 e. The largest absolute Gasteiger partial charge is 0.480 e. The van der Waals surface area contributed by atoms with Crippen molar-refractivity contribution < 1.29 is 27.9 Å². The first-order valence-corrected chi connectivity index (χ1v) is 9.15. The summed E-state index contributed by atoms with van der Waals surface area (Å²) in [5.41, 5.74) is 0.756. The smallest absolute Gasteiger partial charge is 0.338 e. The van der Waals surface area contributed by atoms with Crippen LogP contribution in [0.15, 0.2) is 23.1 Å². The van der Waals surface area contributed by atoms with Crippen LogP contribution in [0.5, 0.6) is 0 Å². The van der Waals surface area contributed by atoms with Gasteiger partial charge in [0.05, 0.1) is 16.6 Å². The predicted octanol–water partition coefficient (Wildman–Crippen LogP) is 1.80. The van der Waals surface area contributed by atoms with Gasteiger partial charge < -0.3 is 9.84 Å². The zero-order valence-corrected chi connectivity index (χ0v) is 14.7. The monoisotopic (exact) mass is 355 g/mol. The molecule has 132 valence electrons. The zero-order chi connectivity index (χ0) is 18.1. The summed E-state index contributed by atoms with van der Waals surface area (Å²) in [5, 5.41) is 9.20. The van der Waals surface area contributed by atoms with Gasteiger partial charge in [-0.2, -0.15) is 4.31 Å². The van der Waals surface area contributed by atoms with Gasteiger partial charge in [-0.05, 0) is 51.3 Å². The third kappa shape index (κ3) is 3.59. The highest BCUT2D eigenvalue weighted by Crippen LogP contribution is 2.27. The molecule has 1 aliphatic rings. The molecule has 0 saturated carbocycles. The first kappa shape index (κ1) is 18.4. The summed E-state index contributed by atoms with van der Waals surface area (Å²) in [6.07, 6.45) is 0.444. The lowest BCUT2D eigenvalue weighted by molar-refractivity contribution is -0.140. The Bertz CT molecular complexity index is 756. The molecule has 1 aromatic carbocycles. The second-order valence-corrected chi connectivity index (χ2v) is 7.93. The van der Waals surface area contributed by atoms with Gasteiger partial charge in [0.15, 0.2) is 0 Å². The lowest BCUT2D eigenvalue weighted by atomic mass is 10.1. The molecular formula is C16H21NO6S. The van der Waals surface area contributed by atoms with Crippen LogP contribution in [-0.4, -0.2) is 48.5 Å². The normalized spacial score (nSPS) is 18.8. The van der Waals surface area contributed by atoms with Crippen LogP contribution in [0.4, 0.5) is 0 Å². The minimum Gasteiger partial charge on any atom is -0.480 e. The number of sulfonamides is 1. The molecule has 8 heteroatoms. The van der Waals surface area contributed by atoms with Gasteiger partial charge in [0, 0.05) is 6.54 Å². The number of aliphatic carboxylic acids is 1. The first-order valence-electron chi connectivity index (χ1n) is 7.71. The second-order valence-electron chi connectivity index (χ2n) is 6.04. The summed E-state index contributed by atoms with van der Waals surface area (Å²) in [5.74, 6) is -1.77. The lowest BCUT2D eigenvalue weighted by Crippen LogP contribution is -2.40. The average Bonchev–Trinajstić information content (AvgIpc) is 2.97. The van der Waals surface area contributed by atoms with Crippen molar-refractivity contribution in [2.75, 3.05) is 6.54 Å². The molecule has 1 aliphatic heterocycles. The maximum absolute atomic E-state index is 12.8. The predicted molar refractivity (Wildman–Crippen MR) is 86.3 cm³/mol. The number of carbonyl (C=O) groups excluding carboxylic acids is 1. The fraction of sp³-hybridized carbons (Fsp3) is 0.500. The van der Waals surface area contributed by atoms with Crippen LogP contribution in [0.3, 0.4) is 0 Å². The Morgan fingerprint density at radius 2 is 2.00 bits per heavy atom. The van der Waals surface area contributed by atoms with E-state index in [1.165, 1.54) is 18.2 Å². The van der Waals surface area contributed by atoms with E-state index in [0.717, 1.165) is 4.31 Å². The highest BCUT2D eigenvalue weighted by Gasteiger charge is 2.39. The molecule has 2 rings (SSSR count). The van der Waals surface area contributed by atoms with Crippen molar-refractivity contribution >= 4 is 22.0 Å². The van der Waals surface area contributed by atoms with Crippen molar-refractivity contribution in [3.63, 3.8) is 0 Å². The van der Waals surface area contributed by atoms with E-state index in [1.54, 1.807) is 20.8 Å². The molecule has 0 radical (unpaired) electrons. The number of esters is 1. The van der Waals surface area contributed by atoms with E-state index in [-0.39, 0.29) is 29.5 Å². The summed E-state index contributed by atoms with van der Waals surface area (Å²) in [6.45, 7) is 5.24. The molecule has 1 N–H and O–H groups in total. The van der Waals surface area contributed by atoms with Crippen molar-refractivity contribution in [3.05, 3.63) is 29.3 Å². The molecule has 0 spiro atoms. The SMILES string of the molecule is Cc1ccc(S(=O)(=O)N2CCC[C@H]2C(=O)O)cc1C(=O)OC(C)C. The Labute approximate surface area is 141 Å². The van der Waals surface area contributed by atoms with E-state index in [1.807, 2.05) is 0 Å². The quantitative estimate of drug-likeness (QED) is 0.808. The Hall–Kier alpha value is -1.93. The molecule has 1 heterocycles. The van der Waals surface area contributed by atoms with Crippen LogP contribution in [0.2, 0.25) is 0 Å². The number of ether oxygens (including phenoxy) is 1. The van der Waals surface area contributed by atoms with Gasteiger partial charge in [-0.1, -0.05) is 6.07 Å². The minimum absolute atomic E-state index is 0.100. The molecule has 7 nitrogen and oxygen atoms in total. The number of benzene rings is 1. The van der Waals surface area contributed by atoms with E-state index in [2.05, 4.69) is 0 Å². The van der Waals surface area contributed by atoms with E-state index >= 15 is 0 Å². The standard InChI is InChI=1S/C16H21NO6S/c1-10(2)23-16(20)13-9-12(7-6-11(13)3)24(21,22)17-8-4-5-14(17)15(18)19/h6-7,9-10,14H,4-5,8H2,1-3H3,(H,18,19)/t14-/m0/s1. The molecule has 0 aromatic heterocycles. The highest BCUT2D eigenvalue weighted by molar-refractivity contribution is 7.89. The summed E-state index contributed by atoms with van der Waals surface area (Å²) in [7, 11) is -3.99. The molecule has 0 aliphatic carbocycles. The number of carboxylic acids is 1. The Kier molecular flexibility index (Phi) is 5.29. The van der Waals surface area contributed by atoms with E-state index in [4.69, 9.17) is 4.74 Å².